The molecule has 0 saturated carbocycles. The van der Waals surface area contributed by atoms with Crippen molar-refractivity contribution >= 4 is 11.4 Å². The first-order chi connectivity index (χ1) is 8.80. The van der Waals surface area contributed by atoms with Crippen LogP contribution < -0.4 is 4.90 Å². The van der Waals surface area contributed by atoms with Gasteiger partial charge in [-0.05, 0) is 30.4 Å². The van der Waals surface area contributed by atoms with Gasteiger partial charge in [-0.3, -0.25) is 10.1 Å². The van der Waals surface area contributed by atoms with E-state index in [9.17, 15) is 15.2 Å². The smallest absolute Gasteiger partial charge is 0.292 e. The maximum absolute atomic E-state index is 11.2. The second-order valence-corrected chi connectivity index (χ2v) is 6.02. The Kier molecular flexibility index (Phi) is 3.49. The van der Waals surface area contributed by atoms with Crippen LogP contribution >= 0.6 is 0 Å². The van der Waals surface area contributed by atoms with Gasteiger partial charge in [-0.15, -0.1) is 0 Å². The number of nitro benzene ring substituents is 1. The molecule has 1 heterocycles. The standard InChI is InChI=1S/C14H20N2O3/c1-10(17)11-4-5-12(13(8-11)16(18)19)15-7-6-14(2,3)9-15/h4-5,8,10,17H,6-7,9H2,1-3H3. The number of benzene rings is 1. The Labute approximate surface area is 113 Å². The van der Waals surface area contributed by atoms with Crippen molar-refractivity contribution in [2.24, 2.45) is 5.41 Å². The Hall–Kier alpha value is -1.62. The molecule has 1 aliphatic heterocycles. The van der Waals surface area contributed by atoms with Crippen molar-refractivity contribution < 1.29 is 10.0 Å². The van der Waals surface area contributed by atoms with E-state index in [-0.39, 0.29) is 16.0 Å². The van der Waals surface area contributed by atoms with Gasteiger partial charge in [-0.2, -0.15) is 0 Å². The normalized spacial score (nSPS) is 19.5. The van der Waals surface area contributed by atoms with E-state index >= 15 is 0 Å². The van der Waals surface area contributed by atoms with Gasteiger partial charge in [0.25, 0.3) is 5.69 Å². The first-order valence-electron chi connectivity index (χ1n) is 6.51. The van der Waals surface area contributed by atoms with Crippen LogP contribution in [-0.4, -0.2) is 23.1 Å². The lowest BCUT2D eigenvalue weighted by atomic mass is 9.93. The van der Waals surface area contributed by atoms with E-state index < -0.39 is 6.10 Å². The van der Waals surface area contributed by atoms with Gasteiger partial charge < -0.3 is 10.0 Å². The fraction of sp³-hybridized carbons (Fsp3) is 0.571. The third kappa shape index (κ3) is 2.87. The molecule has 2 rings (SSSR count). The molecule has 1 saturated heterocycles. The van der Waals surface area contributed by atoms with Crippen molar-refractivity contribution in [3.8, 4) is 0 Å². The number of hydrogen-bond donors (Lipinski definition) is 1. The van der Waals surface area contributed by atoms with Crippen molar-refractivity contribution in [1.82, 2.24) is 0 Å². The SMILES string of the molecule is CC(O)c1ccc(N2CCC(C)(C)C2)c([N+](=O)[O-])c1. The second kappa shape index (κ2) is 4.81. The van der Waals surface area contributed by atoms with Gasteiger partial charge in [0.2, 0.25) is 0 Å². The molecule has 1 atom stereocenters. The minimum Gasteiger partial charge on any atom is -0.389 e. The largest absolute Gasteiger partial charge is 0.389 e. The van der Waals surface area contributed by atoms with Gasteiger partial charge >= 0.3 is 0 Å². The molecule has 1 aromatic carbocycles. The van der Waals surface area contributed by atoms with Crippen LogP contribution in [0.15, 0.2) is 18.2 Å². The zero-order valence-corrected chi connectivity index (χ0v) is 11.6. The lowest BCUT2D eigenvalue weighted by Crippen LogP contribution is -2.23. The minimum absolute atomic E-state index is 0.0797. The summed E-state index contributed by atoms with van der Waals surface area (Å²) in [6.07, 6.45) is 0.338. The molecule has 104 valence electrons. The van der Waals surface area contributed by atoms with E-state index in [0.29, 0.717) is 11.3 Å². The number of nitrogens with zero attached hydrogens (tertiary/aromatic N) is 2. The molecule has 0 bridgehead atoms. The highest BCUT2D eigenvalue weighted by Gasteiger charge is 2.32. The van der Waals surface area contributed by atoms with Crippen LogP contribution in [0, 0.1) is 15.5 Å². The monoisotopic (exact) mass is 264 g/mol. The summed E-state index contributed by atoms with van der Waals surface area (Å²) in [6.45, 7) is 7.60. The van der Waals surface area contributed by atoms with Crippen LogP contribution in [0.1, 0.15) is 38.9 Å². The Morgan fingerprint density at radius 3 is 2.63 bits per heavy atom. The van der Waals surface area contributed by atoms with Crippen molar-refractivity contribution in [3.63, 3.8) is 0 Å². The molecular formula is C14H20N2O3. The molecule has 0 radical (unpaired) electrons. The topological polar surface area (TPSA) is 66.6 Å². The Bertz CT molecular complexity index is 497. The number of nitro groups is 1. The maximum atomic E-state index is 11.2. The summed E-state index contributed by atoms with van der Waals surface area (Å²) in [5.41, 5.74) is 1.50. The number of aliphatic hydroxyl groups excluding tert-OH is 1. The fourth-order valence-corrected chi connectivity index (χ4v) is 2.53. The highest BCUT2D eigenvalue weighted by atomic mass is 16.6. The van der Waals surface area contributed by atoms with Gasteiger partial charge in [0.15, 0.2) is 0 Å². The molecule has 0 aliphatic carbocycles. The number of aliphatic hydroxyl groups is 1. The Morgan fingerprint density at radius 1 is 1.47 bits per heavy atom. The molecule has 19 heavy (non-hydrogen) atoms. The molecule has 1 unspecified atom stereocenters. The number of hydrogen-bond acceptors (Lipinski definition) is 4. The molecule has 0 spiro atoms. The van der Waals surface area contributed by atoms with Crippen molar-refractivity contribution in [2.45, 2.75) is 33.3 Å². The molecule has 1 aliphatic rings. The second-order valence-electron chi connectivity index (χ2n) is 6.02. The van der Waals surface area contributed by atoms with Gasteiger partial charge in [0.1, 0.15) is 5.69 Å². The lowest BCUT2D eigenvalue weighted by molar-refractivity contribution is -0.384. The number of anilines is 1. The van der Waals surface area contributed by atoms with Crippen molar-refractivity contribution in [2.75, 3.05) is 18.0 Å². The Morgan fingerprint density at radius 2 is 2.16 bits per heavy atom. The fourth-order valence-electron chi connectivity index (χ4n) is 2.53. The summed E-state index contributed by atoms with van der Waals surface area (Å²) in [5.74, 6) is 0. The molecule has 5 nitrogen and oxygen atoms in total. The predicted octanol–water partition coefficient (Wildman–Crippen LogP) is 2.88. The summed E-state index contributed by atoms with van der Waals surface area (Å²) >= 11 is 0. The summed E-state index contributed by atoms with van der Waals surface area (Å²) < 4.78 is 0. The van der Waals surface area contributed by atoms with Crippen LogP contribution in [0.2, 0.25) is 0 Å². The van der Waals surface area contributed by atoms with Crippen molar-refractivity contribution in [1.29, 1.82) is 0 Å². The number of rotatable bonds is 3. The highest BCUT2D eigenvalue weighted by Crippen LogP contribution is 2.37. The van der Waals surface area contributed by atoms with E-state index in [0.717, 1.165) is 19.5 Å². The maximum Gasteiger partial charge on any atom is 0.292 e. The van der Waals surface area contributed by atoms with E-state index in [4.69, 9.17) is 0 Å². The van der Waals surface area contributed by atoms with E-state index in [1.54, 1.807) is 19.1 Å². The molecule has 0 aromatic heterocycles. The van der Waals surface area contributed by atoms with Crippen LogP contribution in [0.5, 0.6) is 0 Å². The van der Waals surface area contributed by atoms with E-state index in [2.05, 4.69) is 18.7 Å². The average molecular weight is 264 g/mol. The molecule has 1 N–H and O–H groups in total. The molecule has 0 amide bonds. The summed E-state index contributed by atoms with van der Waals surface area (Å²) in [7, 11) is 0. The van der Waals surface area contributed by atoms with Gasteiger partial charge in [0.05, 0.1) is 11.0 Å². The average Bonchev–Trinajstić information content (AvgIpc) is 2.68. The van der Waals surface area contributed by atoms with Gasteiger partial charge in [0, 0.05) is 19.2 Å². The van der Waals surface area contributed by atoms with E-state index in [1.807, 2.05) is 0 Å². The first-order valence-corrected chi connectivity index (χ1v) is 6.51. The van der Waals surface area contributed by atoms with Crippen LogP contribution in [-0.2, 0) is 0 Å². The van der Waals surface area contributed by atoms with Crippen LogP contribution in [0.4, 0.5) is 11.4 Å². The summed E-state index contributed by atoms with van der Waals surface area (Å²) in [5, 5.41) is 20.7. The molecule has 5 heteroatoms. The zero-order chi connectivity index (χ0) is 14.2. The summed E-state index contributed by atoms with van der Waals surface area (Å²) in [6, 6.07) is 4.99. The quantitative estimate of drug-likeness (QED) is 0.673. The van der Waals surface area contributed by atoms with Gasteiger partial charge in [-0.1, -0.05) is 19.9 Å². The van der Waals surface area contributed by atoms with E-state index in [1.165, 1.54) is 6.07 Å². The molecule has 1 fully saturated rings. The zero-order valence-electron chi connectivity index (χ0n) is 11.6. The predicted molar refractivity (Wildman–Crippen MR) is 74.3 cm³/mol. The Balaban J connectivity index is 2.38. The third-order valence-electron chi connectivity index (χ3n) is 3.70. The van der Waals surface area contributed by atoms with Crippen LogP contribution in [0.3, 0.4) is 0 Å². The minimum atomic E-state index is -0.692. The van der Waals surface area contributed by atoms with Crippen molar-refractivity contribution in [3.05, 3.63) is 33.9 Å². The summed E-state index contributed by atoms with van der Waals surface area (Å²) in [4.78, 5) is 12.9. The molecule has 1 aromatic rings. The highest BCUT2D eigenvalue weighted by molar-refractivity contribution is 5.65. The lowest BCUT2D eigenvalue weighted by Gasteiger charge is -2.22. The van der Waals surface area contributed by atoms with Gasteiger partial charge in [-0.25, -0.2) is 0 Å². The molecular weight excluding hydrogens is 244 g/mol. The first kappa shape index (κ1) is 13.8. The third-order valence-corrected chi connectivity index (χ3v) is 3.70. The van der Waals surface area contributed by atoms with Crippen LogP contribution in [0.25, 0.3) is 0 Å².